The van der Waals surface area contributed by atoms with E-state index in [0.29, 0.717) is 5.75 Å². The molecular weight excluding hydrogens is 256 g/mol. The Labute approximate surface area is 119 Å². The molecule has 110 valence electrons. The SMILES string of the molecule is CNC(=O)NC(=O)[C@@H](C)Oc1ccc(C(C)(C)C)cc1. The molecule has 0 aliphatic heterocycles. The second kappa shape index (κ2) is 6.41. The lowest BCUT2D eigenvalue weighted by Crippen LogP contribution is -2.43. The van der Waals surface area contributed by atoms with Crippen molar-refractivity contribution in [2.24, 2.45) is 0 Å². The molecule has 1 aromatic carbocycles. The van der Waals surface area contributed by atoms with Crippen LogP contribution in [0.2, 0.25) is 0 Å². The van der Waals surface area contributed by atoms with Crippen LogP contribution in [0.5, 0.6) is 5.75 Å². The van der Waals surface area contributed by atoms with Crippen molar-refractivity contribution in [1.29, 1.82) is 0 Å². The molecule has 0 radical (unpaired) electrons. The Morgan fingerprint density at radius 2 is 1.70 bits per heavy atom. The molecule has 0 heterocycles. The van der Waals surface area contributed by atoms with E-state index in [1.54, 1.807) is 6.92 Å². The zero-order valence-electron chi connectivity index (χ0n) is 12.6. The number of hydrogen-bond donors (Lipinski definition) is 2. The number of ether oxygens (including phenoxy) is 1. The Bertz CT molecular complexity index is 475. The number of benzene rings is 1. The van der Waals surface area contributed by atoms with E-state index >= 15 is 0 Å². The van der Waals surface area contributed by atoms with Crippen molar-refractivity contribution in [2.75, 3.05) is 7.05 Å². The lowest BCUT2D eigenvalue weighted by Gasteiger charge is -2.20. The second-order valence-corrected chi connectivity index (χ2v) is 5.60. The fourth-order valence-corrected chi connectivity index (χ4v) is 1.57. The topological polar surface area (TPSA) is 67.4 Å². The van der Waals surface area contributed by atoms with Gasteiger partial charge in [-0.2, -0.15) is 0 Å². The predicted octanol–water partition coefficient (Wildman–Crippen LogP) is 2.21. The summed E-state index contributed by atoms with van der Waals surface area (Å²) in [5, 5.41) is 4.48. The van der Waals surface area contributed by atoms with E-state index in [1.807, 2.05) is 24.3 Å². The highest BCUT2D eigenvalue weighted by Crippen LogP contribution is 2.24. The molecule has 0 spiro atoms. The van der Waals surface area contributed by atoms with E-state index in [2.05, 4.69) is 31.4 Å². The molecule has 1 atom stereocenters. The number of amides is 3. The first-order valence-electron chi connectivity index (χ1n) is 6.54. The Balaban J connectivity index is 2.64. The van der Waals surface area contributed by atoms with E-state index in [1.165, 1.54) is 12.6 Å². The number of hydrogen-bond acceptors (Lipinski definition) is 3. The molecule has 0 unspecified atom stereocenters. The maximum absolute atomic E-state index is 11.6. The van der Waals surface area contributed by atoms with Crippen molar-refractivity contribution in [3.05, 3.63) is 29.8 Å². The molecule has 0 saturated heterocycles. The second-order valence-electron chi connectivity index (χ2n) is 5.60. The molecule has 1 rings (SSSR count). The highest BCUT2D eigenvalue weighted by Gasteiger charge is 2.17. The molecule has 0 aliphatic carbocycles. The van der Waals surface area contributed by atoms with Crippen molar-refractivity contribution >= 4 is 11.9 Å². The van der Waals surface area contributed by atoms with Crippen LogP contribution in [-0.2, 0) is 10.2 Å². The highest BCUT2D eigenvalue weighted by molar-refractivity contribution is 5.96. The van der Waals surface area contributed by atoms with Crippen molar-refractivity contribution in [1.82, 2.24) is 10.6 Å². The Hall–Kier alpha value is -2.04. The summed E-state index contributed by atoms with van der Waals surface area (Å²) in [6, 6.07) is 7.04. The van der Waals surface area contributed by atoms with Gasteiger partial charge in [-0.05, 0) is 30.0 Å². The van der Waals surface area contributed by atoms with Crippen LogP contribution in [0, 0.1) is 0 Å². The van der Waals surface area contributed by atoms with E-state index in [-0.39, 0.29) is 5.41 Å². The first-order valence-corrected chi connectivity index (χ1v) is 6.54. The average molecular weight is 278 g/mol. The first kappa shape index (κ1) is 16.0. The van der Waals surface area contributed by atoms with E-state index in [9.17, 15) is 9.59 Å². The first-order chi connectivity index (χ1) is 9.24. The van der Waals surface area contributed by atoms with E-state index in [0.717, 1.165) is 0 Å². The zero-order chi connectivity index (χ0) is 15.3. The average Bonchev–Trinajstić information content (AvgIpc) is 2.38. The summed E-state index contributed by atoms with van der Waals surface area (Å²) >= 11 is 0. The summed E-state index contributed by atoms with van der Waals surface area (Å²) in [4.78, 5) is 22.7. The Kier molecular flexibility index (Phi) is 5.13. The molecule has 1 aromatic rings. The third kappa shape index (κ3) is 4.57. The highest BCUT2D eigenvalue weighted by atomic mass is 16.5. The van der Waals surface area contributed by atoms with Crippen LogP contribution in [0.25, 0.3) is 0 Å². The van der Waals surface area contributed by atoms with E-state index < -0.39 is 18.0 Å². The summed E-state index contributed by atoms with van der Waals surface area (Å²) < 4.78 is 5.50. The maximum Gasteiger partial charge on any atom is 0.321 e. The number of imide groups is 1. The minimum absolute atomic E-state index is 0.0702. The molecule has 20 heavy (non-hydrogen) atoms. The van der Waals surface area contributed by atoms with Crippen molar-refractivity contribution in [3.8, 4) is 5.75 Å². The van der Waals surface area contributed by atoms with Crippen LogP contribution >= 0.6 is 0 Å². The van der Waals surface area contributed by atoms with Gasteiger partial charge in [0, 0.05) is 7.05 Å². The van der Waals surface area contributed by atoms with Gasteiger partial charge in [0.25, 0.3) is 5.91 Å². The summed E-state index contributed by atoms with van der Waals surface area (Å²) in [5.41, 5.74) is 1.26. The number of carbonyl (C=O) groups excluding carboxylic acids is 2. The van der Waals surface area contributed by atoms with E-state index in [4.69, 9.17) is 4.74 Å². The summed E-state index contributed by atoms with van der Waals surface area (Å²) in [6.07, 6.45) is -0.743. The van der Waals surface area contributed by atoms with Gasteiger partial charge in [-0.25, -0.2) is 4.79 Å². The van der Waals surface area contributed by atoms with Crippen LogP contribution in [0.1, 0.15) is 33.3 Å². The smallest absolute Gasteiger partial charge is 0.321 e. The van der Waals surface area contributed by atoms with Crippen molar-refractivity contribution in [2.45, 2.75) is 39.2 Å². The normalized spacial score (nSPS) is 12.4. The van der Waals surface area contributed by atoms with Crippen LogP contribution < -0.4 is 15.4 Å². The lowest BCUT2D eigenvalue weighted by molar-refractivity contribution is -0.126. The molecule has 0 aromatic heterocycles. The lowest BCUT2D eigenvalue weighted by atomic mass is 9.87. The number of carbonyl (C=O) groups is 2. The fourth-order valence-electron chi connectivity index (χ4n) is 1.57. The third-order valence-corrected chi connectivity index (χ3v) is 2.87. The molecule has 5 heteroatoms. The van der Waals surface area contributed by atoms with Gasteiger partial charge in [-0.1, -0.05) is 32.9 Å². The van der Waals surface area contributed by atoms with Gasteiger partial charge in [-0.15, -0.1) is 0 Å². The maximum atomic E-state index is 11.6. The fraction of sp³-hybridized carbons (Fsp3) is 0.467. The number of rotatable bonds is 3. The minimum atomic E-state index is -0.743. The molecule has 0 fully saturated rings. The van der Waals surface area contributed by atoms with Crippen molar-refractivity contribution in [3.63, 3.8) is 0 Å². The summed E-state index contributed by atoms with van der Waals surface area (Å²) in [7, 11) is 1.44. The number of nitrogens with one attached hydrogen (secondary N) is 2. The van der Waals surface area contributed by atoms with Gasteiger partial charge >= 0.3 is 6.03 Å². The van der Waals surface area contributed by atoms with Crippen LogP contribution in [0.15, 0.2) is 24.3 Å². The molecule has 5 nitrogen and oxygen atoms in total. The van der Waals surface area contributed by atoms with Gasteiger partial charge in [0.05, 0.1) is 0 Å². The quantitative estimate of drug-likeness (QED) is 0.890. The third-order valence-electron chi connectivity index (χ3n) is 2.87. The molecule has 0 bridgehead atoms. The van der Waals surface area contributed by atoms with Gasteiger partial charge in [-0.3, -0.25) is 10.1 Å². The largest absolute Gasteiger partial charge is 0.481 e. The molecule has 3 amide bonds. The zero-order valence-corrected chi connectivity index (χ0v) is 12.6. The summed E-state index contributed by atoms with van der Waals surface area (Å²) in [6.45, 7) is 7.98. The number of urea groups is 1. The molecule has 2 N–H and O–H groups in total. The van der Waals surface area contributed by atoms with Gasteiger partial charge < -0.3 is 10.1 Å². The Morgan fingerprint density at radius 1 is 1.15 bits per heavy atom. The standard InChI is InChI=1S/C15H22N2O3/c1-10(13(18)17-14(19)16-5)20-12-8-6-11(7-9-12)15(2,3)4/h6-10H,1-5H3,(H2,16,17,18,19)/t10-/m1/s1. The predicted molar refractivity (Wildman–Crippen MR) is 77.8 cm³/mol. The van der Waals surface area contributed by atoms with Crippen LogP contribution in [-0.4, -0.2) is 25.1 Å². The van der Waals surface area contributed by atoms with Gasteiger partial charge in [0.1, 0.15) is 5.75 Å². The monoisotopic (exact) mass is 278 g/mol. The Morgan fingerprint density at radius 3 is 2.15 bits per heavy atom. The van der Waals surface area contributed by atoms with Gasteiger partial charge in [0.15, 0.2) is 6.10 Å². The molecular formula is C15H22N2O3. The van der Waals surface area contributed by atoms with Crippen LogP contribution in [0.3, 0.4) is 0 Å². The molecule has 0 aliphatic rings. The molecule has 0 saturated carbocycles. The van der Waals surface area contributed by atoms with Crippen molar-refractivity contribution < 1.29 is 14.3 Å². The van der Waals surface area contributed by atoms with Crippen LogP contribution in [0.4, 0.5) is 4.79 Å². The minimum Gasteiger partial charge on any atom is -0.481 e. The van der Waals surface area contributed by atoms with Gasteiger partial charge in [0.2, 0.25) is 0 Å². The summed E-state index contributed by atoms with van der Waals surface area (Å²) in [5.74, 6) is 0.113.